The number of amides is 2. The highest BCUT2D eigenvalue weighted by atomic mass is 32.2. The molecule has 1 saturated heterocycles. The van der Waals surface area contributed by atoms with Crippen LogP contribution in [0.25, 0.3) is 0 Å². The van der Waals surface area contributed by atoms with Gasteiger partial charge in [-0.05, 0) is 12.5 Å². The molecule has 15 heteroatoms. The molecule has 4 rings (SSSR count). The van der Waals surface area contributed by atoms with E-state index in [-0.39, 0.29) is 17.2 Å². The fourth-order valence-corrected chi connectivity index (χ4v) is 7.20. The van der Waals surface area contributed by atoms with Crippen LogP contribution < -0.4 is 5.32 Å². The molecule has 0 saturated carbocycles. The van der Waals surface area contributed by atoms with Gasteiger partial charge in [0.2, 0.25) is 5.71 Å². The lowest BCUT2D eigenvalue weighted by Crippen LogP contribution is -2.71. The van der Waals surface area contributed by atoms with Crippen LogP contribution in [-0.4, -0.2) is 86.1 Å². The minimum absolute atomic E-state index is 0.0384. The predicted octanol–water partition coefficient (Wildman–Crippen LogP) is 1.28. The Balaban J connectivity index is 1.47. The van der Waals surface area contributed by atoms with Gasteiger partial charge in [0, 0.05) is 22.7 Å². The number of carboxylic acid groups (broad SMARTS) is 1. The number of hydrogen-bond donors (Lipinski definition) is 2. The van der Waals surface area contributed by atoms with Gasteiger partial charge in [0.1, 0.15) is 29.2 Å². The lowest BCUT2D eigenvalue weighted by Gasteiger charge is -2.49. The molecule has 33 heavy (non-hydrogen) atoms. The highest BCUT2D eigenvalue weighted by Crippen LogP contribution is 2.41. The summed E-state index contributed by atoms with van der Waals surface area (Å²) < 4.78 is 6.22. The first kappa shape index (κ1) is 23.9. The summed E-state index contributed by atoms with van der Waals surface area (Å²) in [5.74, 6) is -0.481. The van der Waals surface area contributed by atoms with Crippen LogP contribution in [0.1, 0.15) is 5.01 Å². The number of carbonyl (C=O) groups is 3. The summed E-state index contributed by atoms with van der Waals surface area (Å²) in [4.78, 5) is 43.7. The van der Waals surface area contributed by atoms with Crippen molar-refractivity contribution in [3.05, 3.63) is 27.4 Å². The number of carbonyl (C=O) groups excluding carboxylic acids is 2. The molecule has 0 aromatic carbocycles. The molecule has 0 bridgehead atoms. The van der Waals surface area contributed by atoms with Gasteiger partial charge in [-0.15, -0.1) is 33.7 Å². The van der Waals surface area contributed by atoms with Crippen LogP contribution in [-0.2, 0) is 24.0 Å². The van der Waals surface area contributed by atoms with Crippen molar-refractivity contribution in [2.75, 3.05) is 31.0 Å². The molecule has 0 aliphatic carbocycles. The second kappa shape index (κ2) is 10.4. The Kier molecular flexibility index (Phi) is 7.51. The van der Waals surface area contributed by atoms with E-state index in [2.05, 4.69) is 20.7 Å². The maximum absolute atomic E-state index is 12.9. The van der Waals surface area contributed by atoms with Crippen LogP contribution in [0.5, 0.6) is 0 Å². The molecule has 2 N–H and O–H groups in total. The Morgan fingerprint density at radius 3 is 2.91 bits per heavy atom. The van der Waals surface area contributed by atoms with Crippen LogP contribution in [0, 0.1) is 6.92 Å². The van der Waals surface area contributed by atoms with Crippen molar-refractivity contribution in [2.24, 2.45) is 5.16 Å². The van der Waals surface area contributed by atoms with E-state index in [0.717, 1.165) is 15.1 Å². The van der Waals surface area contributed by atoms with Gasteiger partial charge in [0.05, 0.1) is 6.61 Å². The van der Waals surface area contributed by atoms with Gasteiger partial charge >= 0.3 is 5.97 Å². The topological polar surface area (TPSA) is 143 Å². The van der Waals surface area contributed by atoms with Crippen molar-refractivity contribution in [3.63, 3.8) is 0 Å². The monoisotopic (exact) mass is 529 g/mol. The van der Waals surface area contributed by atoms with Crippen molar-refractivity contribution in [1.29, 1.82) is 0 Å². The van der Waals surface area contributed by atoms with Crippen molar-refractivity contribution in [1.82, 2.24) is 20.4 Å². The van der Waals surface area contributed by atoms with Crippen molar-refractivity contribution in [2.45, 2.75) is 22.7 Å². The number of carboxylic acids is 1. The summed E-state index contributed by atoms with van der Waals surface area (Å²) in [6, 6.07) is -0.879. The largest absolute Gasteiger partial charge is 0.490 e. The molecule has 1 aromatic heterocycles. The number of aliphatic carboxylic acids is 1. The molecule has 1 fully saturated rings. The summed E-state index contributed by atoms with van der Waals surface area (Å²) in [5, 5.41) is 26.2. The van der Waals surface area contributed by atoms with Gasteiger partial charge in [-0.2, -0.15) is 0 Å². The van der Waals surface area contributed by atoms with Crippen LogP contribution in [0.4, 0.5) is 0 Å². The molecule has 11 nitrogen and oxygen atoms in total. The smallest absolute Gasteiger partial charge is 0.352 e. The number of aryl methyl sites for hydroxylation is 1. The maximum atomic E-state index is 12.9. The molecule has 3 aliphatic rings. The number of thioether (sulfide) groups is 3. The summed E-state index contributed by atoms with van der Waals surface area (Å²) in [7, 11) is 1.31. The highest BCUT2D eigenvalue weighted by Gasteiger charge is 2.54. The normalized spacial score (nSPS) is 22.7. The van der Waals surface area contributed by atoms with Crippen molar-refractivity contribution >= 4 is 70.1 Å². The maximum Gasteiger partial charge on any atom is 0.352 e. The van der Waals surface area contributed by atoms with E-state index >= 15 is 0 Å². The summed E-state index contributed by atoms with van der Waals surface area (Å²) in [6.45, 7) is 2.27. The quantitative estimate of drug-likeness (QED) is 0.218. The van der Waals surface area contributed by atoms with Gasteiger partial charge < -0.3 is 20.0 Å². The number of β-lactam (4-membered cyclic amide) rings is 1. The number of hydrogen-bond acceptors (Lipinski definition) is 12. The molecule has 1 unspecified atom stereocenters. The third kappa shape index (κ3) is 5.00. The molecule has 0 spiro atoms. The van der Waals surface area contributed by atoms with E-state index in [0.29, 0.717) is 23.7 Å². The standard InChI is InChI=1S/C18H19N5O6S4/c1-8-20-21-18(33-8)32-6-9-5-31-16-12(15(25)23(16)13(9)17(26)27)19-14(24)11(22-28-2)10-7-30-4-3-29-10/h7,12,16H,3-6H2,1-2H3,(H,19,24)(H,26,27)/b22-11-/t12?,16-/m1/s1. The lowest BCUT2D eigenvalue weighted by molar-refractivity contribution is -0.150. The van der Waals surface area contributed by atoms with Crippen LogP contribution in [0.15, 0.2) is 31.9 Å². The zero-order chi connectivity index (χ0) is 23.5. The summed E-state index contributed by atoms with van der Waals surface area (Å²) in [5.41, 5.74) is 0.512. The van der Waals surface area contributed by atoms with Crippen LogP contribution in [0.2, 0.25) is 0 Å². The van der Waals surface area contributed by atoms with E-state index in [1.165, 1.54) is 58.6 Å². The molecule has 2 amide bonds. The molecule has 0 radical (unpaired) electrons. The second-order valence-electron chi connectivity index (χ2n) is 6.82. The fourth-order valence-electron chi connectivity index (χ4n) is 3.27. The Hall–Kier alpha value is -2.23. The van der Waals surface area contributed by atoms with Crippen molar-refractivity contribution < 1.29 is 29.1 Å². The zero-order valence-corrected chi connectivity index (χ0v) is 20.7. The molecule has 4 heterocycles. The number of nitrogens with zero attached hydrogens (tertiary/aromatic N) is 4. The first-order chi connectivity index (χ1) is 15.9. The Morgan fingerprint density at radius 2 is 2.27 bits per heavy atom. The number of rotatable bonds is 8. The Labute approximate surface area is 205 Å². The first-order valence-corrected chi connectivity index (χ1v) is 13.5. The van der Waals surface area contributed by atoms with E-state index in [1.54, 1.807) is 5.41 Å². The van der Waals surface area contributed by atoms with E-state index in [4.69, 9.17) is 9.57 Å². The van der Waals surface area contributed by atoms with E-state index < -0.39 is 29.2 Å². The van der Waals surface area contributed by atoms with Gasteiger partial charge in [-0.25, -0.2) is 4.79 Å². The van der Waals surface area contributed by atoms with Gasteiger partial charge in [-0.3, -0.25) is 14.5 Å². The molecule has 1 aromatic rings. The second-order valence-corrected chi connectivity index (χ2v) is 11.3. The molecular formula is C18H19N5O6S4. The zero-order valence-electron chi connectivity index (χ0n) is 17.5. The number of fused-ring (bicyclic) bond motifs is 1. The highest BCUT2D eigenvalue weighted by molar-refractivity contribution is 8.02. The minimum Gasteiger partial charge on any atom is -0.490 e. The number of ether oxygens (including phenoxy) is 1. The van der Waals surface area contributed by atoms with E-state index in [1.807, 2.05) is 6.92 Å². The average Bonchev–Trinajstić information content (AvgIpc) is 3.24. The molecular weight excluding hydrogens is 510 g/mol. The third-order valence-electron chi connectivity index (χ3n) is 4.69. The number of aromatic nitrogens is 2. The summed E-state index contributed by atoms with van der Waals surface area (Å²) >= 11 is 5.69. The van der Waals surface area contributed by atoms with E-state index in [9.17, 15) is 19.5 Å². The van der Waals surface area contributed by atoms with Gasteiger partial charge in [0.15, 0.2) is 10.1 Å². The minimum atomic E-state index is -1.18. The first-order valence-electron chi connectivity index (χ1n) is 9.60. The predicted molar refractivity (Wildman–Crippen MR) is 126 cm³/mol. The summed E-state index contributed by atoms with van der Waals surface area (Å²) in [6.07, 6.45) is 0. The Bertz CT molecular complexity index is 1070. The lowest BCUT2D eigenvalue weighted by atomic mass is 10.0. The molecule has 176 valence electrons. The fraction of sp³-hybridized carbons (Fsp3) is 0.444. The number of oxime groups is 1. The molecule has 2 atom stereocenters. The average molecular weight is 530 g/mol. The Morgan fingerprint density at radius 1 is 1.45 bits per heavy atom. The van der Waals surface area contributed by atoms with Crippen LogP contribution >= 0.6 is 46.6 Å². The van der Waals surface area contributed by atoms with Crippen molar-refractivity contribution in [3.8, 4) is 0 Å². The SMILES string of the molecule is CO/N=C(\C(=O)NC1C(=O)N2C(C(=O)O)=C(CSc3nnc(C)s3)CS[C@H]12)C1=CSCCO1. The number of nitrogens with one attached hydrogen (secondary N) is 1. The van der Waals surface area contributed by atoms with Gasteiger partial charge in [0.25, 0.3) is 11.8 Å². The molecule has 3 aliphatic heterocycles. The third-order valence-corrected chi connectivity index (χ3v) is 8.87. The van der Waals surface area contributed by atoms with Crippen LogP contribution in [0.3, 0.4) is 0 Å². The van der Waals surface area contributed by atoms with Gasteiger partial charge in [-0.1, -0.05) is 28.3 Å².